The van der Waals surface area contributed by atoms with Crippen molar-refractivity contribution in [3.8, 4) is 0 Å². The number of unbranched alkanes of at least 4 members (excludes halogenated alkanes) is 2. The lowest BCUT2D eigenvalue weighted by Crippen LogP contribution is -1.73. The predicted molar refractivity (Wildman–Crippen MR) is 49.0 cm³/mol. The fraction of sp³-hybridized carbons (Fsp3) is 0.750. The fourth-order valence-corrected chi connectivity index (χ4v) is 0.934. The second-order valence-electron chi connectivity index (χ2n) is 2.13. The molecule has 0 bridgehead atoms. The molecular weight excluding hydrogens is 167 g/mol. The quantitative estimate of drug-likeness (QED) is 0.333. The van der Waals surface area contributed by atoms with Crippen molar-refractivity contribution in [2.45, 2.75) is 25.7 Å². The molecule has 0 aromatic heterocycles. The van der Waals surface area contributed by atoms with E-state index in [-0.39, 0.29) is 0 Å². The van der Waals surface area contributed by atoms with E-state index in [4.69, 9.17) is 23.2 Å². The van der Waals surface area contributed by atoms with Crippen LogP contribution in [0.3, 0.4) is 0 Å². The van der Waals surface area contributed by atoms with Gasteiger partial charge in [0.2, 0.25) is 0 Å². The minimum atomic E-state index is 0.764. The van der Waals surface area contributed by atoms with Crippen molar-refractivity contribution >= 4 is 23.2 Å². The van der Waals surface area contributed by atoms with Gasteiger partial charge in [0.05, 0.1) is 0 Å². The summed E-state index contributed by atoms with van der Waals surface area (Å²) >= 11 is 11.0. The Kier molecular flexibility index (Phi) is 9.62. The summed E-state index contributed by atoms with van der Waals surface area (Å²) < 4.78 is 0. The highest BCUT2D eigenvalue weighted by Gasteiger charge is 1.80. The van der Waals surface area contributed by atoms with Crippen LogP contribution >= 0.6 is 23.2 Å². The van der Waals surface area contributed by atoms with Crippen molar-refractivity contribution in [1.82, 2.24) is 0 Å². The highest BCUT2D eigenvalue weighted by molar-refractivity contribution is 6.18. The molecule has 0 saturated carbocycles. The van der Waals surface area contributed by atoms with Crippen LogP contribution in [0.5, 0.6) is 0 Å². The Morgan fingerprint density at radius 1 is 0.800 bits per heavy atom. The van der Waals surface area contributed by atoms with Gasteiger partial charge in [0.25, 0.3) is 0 Å². The lowest BCUT2D eigenvalue weighted by molar-refractivity contribution is 0.928. The number of alkyl halides is 2. The highest BCUT2D eigenvalue weighted by atomic mass is 35.5. The van der Waals surface area contributed by atoms with E-state index in [1.165, 1.54) is 0 Å². The van der Waals surface area contributed by atoms with Crippen LogP contribution in [0.15, 0.2) is 12.2 Å². The van der Waals surface area contributed by atoms with Gasteiger partial charge < -0.3 is 0 Å². The second kappa shape index (κ2) is 9.32. The summed E-state index contributed by atoms with van der Waals surface area (Å²) in [7, 11) is 0. The first-order chi connectivity index (χ1) is 4.91. The van der Waals surface area contributed by atoms with Gasteiger partial charge in [-0.2, -0.15) is 0 Å². The minimum absolute atomic E-state index is 0.764. The zero-order valence-corrected chi connectivity index (χ0v) is 7.67. The summed E-state index contributed by atoms with van der Waals surface area (Å²) in [6.45, 7) is 0. The number of allylic oxidation sites excluding steroid dienone is 2. The molecule has 0 fully saturated rings. The summed E-state index contributed by atoms with van der Waals surface area (Å²) in [5.74, 6) is 1.53. The molecule has 0 aliphatic heterocycles. The molecular formula is C8H14Cl2. The standard InChI is InChI=1S/C8H14Cl2/c9-7-5-3-1-2-4-6-8-10/h1-2H,3-8H2. The molecule has 0 aliphatic rings. The molecule has 0 rings (SSSR count). The Bertz CT molecular complexity index is 69.3. The first-order valence-electron chi connectivity index (χ1n) is 3.68. The predicted octanol–water partition coefficient (Wildman–Crippen LogP) is 3.58. The molecule has 0 aliphatic carbocycles. The summed E-state index contributed by atoms with van der Waals surface area (Å²) in [6, 6.07) is 0. The summed E-state index contributed by atoms with van der Waals surface area (Å²) in [5.41, 5.74) is 0. The molecule has 0 radical (unpaired) electrons. The summed E-state index contributed by atoms with van der Waals surface area (Å²) in [5, 5.41) is 0. The minimum Gasteiger partial charge on any atom is -0.127 e. The third-order valence-electron chi connectivity index (χ3n) is 1.18. The topological polar surface area (TPSA) is 0 Å². The van der Waals surface area contributed by atoms with Crippen LogP contribution in [0.25, 0.3) is 0 Å². The molecule has 0 heterocycles. The van der Waals surface area contributed by atoms with Crippen molar-refractivity contribution < 1.29 is 0 Å². The largest absolute Gasteiger partial charge is 0.127 e. The zero-order chi connectivity index (χ0) is 7.66. The molecule has 0 amide bonds. The second-order valence-corrected chi connectivity index (χ2v) is 2.89. The van der Waals surface area contributed by atoms with Crippen LogP contribution < -0.4 is 0 Å². The average molecular weight is 181 g/mol. The molecule has 0 aromatic carbocycles. The van der Waals surface area contributed by atoms with Gasteiger partial charge in [0, 0.05) is 11.8 Å². The van der Waals surface area contributed by atoms with E-state index in [1.807, 2.05) is 0 Å². The number of rotatable bonds is 6. The Morgan fingerprint density at radius 2 is 1.20 bits per heavy atom. The first-order valence-corrected chi connectivity index (χ1v) is 4.75. The Balaban J connectivity index is 2.89. The van der Waals surface area contributed by atoms with Crippen molar-refractivity contribution in [3.63, 3.8) is 0 Å². The molecule has 2 heteroatoms. The molecule has 0 unspecified atom stereocenters. The van der Waals surface area contributed by atoms with Gasteiger partial charge in [0.1, 0.15) is 0 Å². The van der Waals surface area contributed by atoms with E-state index >= 15 is 0 Å². The van der Waals surface area contributed by atoms with E-state index < -0.39 is 0 Å². The number of halogens is 2. The van der Waals surface area contributed by atoms with Gasteiger partial charge in [-0.05, 0) is 25.7 Å². The molecule has 0 aromatic rings. The first kappa shape index (κ1) is 10.3. The molecule has 10 heavy (non-hydrogen) atoms. The van der Waals surface area contributed by atoms with E-state index in [9.17, 15) is 0 Å². The van der Waals surface area contributed by atoms with E-state index in [2.05, 4.69) is 12.2 Å². The average Bonchev–Trinajstić information content (AvgIpc) is 1.97. The third kappa shape index (κ3) is 8.32. The van der Waals surface area contributed by atoms with Crippen LogP contribution in [0.4, 0.5) is 0 Å². The zero-order valence-electron chi connectivity index (χ0n) is 6.15. The van der Waals surface area contributed by atoms with Crippen LogP contribution in [-0.2, 0) is 0 Å². The summed E-state index contributed by atoms with van der Waals surface area (Å²) in [4.78, 5) is 0. The van der Waals surface area contributed by atoms with Gasteiger partial charge >= 0.3 is 0 Å². The van der Waals surface area contributed by atoms with Crippen LogP contribution in [0.1, 0.15) is 25.7 Å². The molecule has 0 spiro atoms. The maximum Gasteiger partial charge on any atom is 0.0226 e. The van der Waals surface area contributed by atoms with Crippen molar-refractivity contribution in [2.75, 3.05) is 11.8 Å². The van der Waals surface area contributed by atoms with Crippen molar-refractivity contribution in [3.05, 3.63) is 12.2 Å². The maximum absolute atomic E-state index is 5.49. The van der Waals surface area contributed by atoms with Crippen molar-refractivity contribution in [2.24, 2.45) is 0 Å². The van der Waals surface area contributed by atoms with Gasteiger partial charge in [0.15, 0.2) is 0 Å². The van der Waals surface area contributed by atoms with E-state index in [1.54, 1.807) is 0 Å². The van der Waals surface area contributed by atoms with Crippen molar-refractivity contribution in [1.29, 1.82) is 0 Å². The van der Waals surface area contributed by atoms with Gasteiger partial charge in [-0.1, -0.05) is 12.2 Å². The molecule has 0 N–H and O–H groups in total. The smallest absolute Gasteiger partial charge is 0.0226 e. The molecule has 0 nitrogen and oxygen atoms in total. The number of hydrogen-bond acceptors (Lipinski definition) is 0. The monoisotopic (exact) mass is 180 g/mol. The molecule has 0 saturated heterocycles. The van der Waals surface area contributed by atoms with Gasteiger partial charge in [-0.15, -0.1) is 23.2 Å². The normalized spacial score (nSPS) is 11.0. The Morgan fingerprint density at radius 3 is 1.50 bits per heavy atom. The van der Waals surface area contributed by atoms with Gasteiger partial charge in [-0.25, -0.2) is 0 Å². The lowest BCUT2D eigenvalue weighted by Gasteiger charge is -1.88. The highest BCUT2D eigenvalue weighted by Crippen LogP contribution is 1.97. The lowest BCUT2D eigenvalue weighted by atomic mass is 10.2. The molecule has 0 atom stereocenters. The fourth-order valence-electron chi connectivity index (χ4n) is 0.626. The molecule has 60 valence electrons. The SMILES string of the molecule is ClCCCC=CCCCCl. The summed E-state index contributed by atoms with van der Waals surface area (Å²) in [6.07, 6.45) is 8.72. The Labute approximate surface area is 73.2 Å². The third-order valence-corrected chi connectivity index (χ3v) is 1.71. The van der Waals surface area contributed by atoms with Crippen LogP contribution in [0.2, 0.25) is 0 Å². The number of hydrogen-bond donors (Lipinski definition) is 0. The van der Waals surface area contributed by atoms with Crippen LogP contribution in [-0.4, -0.2) is 11.8 Å². The van der Waals surface area contributed by atoms with E-state index in [0.717, 1.165) is 37.4 Å². The Hall–Kier alpha value is 0.320. The van der Waals surface area contributed by atoms with Gasteiger partial charge in [-0.3, -0.25) is 0 Å². The van der Waals surface area contributed by atoms with Crippen LogP contribution in [0, 0.1) is 0 Å². The van der Waals surface area contributed by atoms with E-state index in [0.29, 0.717) is 0 Å². The maximum atomic E-state index is 5.49.